The lowest BCUT2D eigenvalue weighted by atomic mass is 10.1. The molecule has 0 rings (SSSR count). The van der Waals surface area contributed by atoms with Crippen LogP contribution in [0.3, 0.4) is 0 Å². The summed E-state index contributed by atoms with van der Waals surface area (Å²) in [5, 5.41) is 3.51. The van der Waals surface area contributed by atoms with E-state index in [2.05, 4.69) is 19.2 Å². The van der Waals surface area contributed by atoms with E-state index in [1.54, 1.807) is 0 Å². The third-order valence-corrected chi connectivity index (χ3v) is 2.57. The van der Waals surface area contributed by atoms with Gasteiger partial charge >= 0.3 is 5.97 Å². The van der Waals surface area contributed by atoms with E-state index >= 15 is 0 Å². The molecular formula is C13H27NO2. The molecule has 0 bridgehead atoms. The van der Waals surface area contributed by atoms with Crippen LogP contribution in [0.15, 0.2) is 0 Å². The molecule has 0 aromatic carbocycles. The maximum atomic E-state index is 11.1. The second-order valence-electron chi connectivity index (χ2n) is 4.14. The van der Waals surface area contributed by atoms with E-state index in [1.165, 1.54) is 25.7 Å². The van der Waals surface area contributed by atoms with Crippen LogP contribution in [0.5, 0.6) is 0 Å². The lowest BCUT2D eigenvalue weighted by Crippen LogP contribution is -2.30. The minimum atomic E-state index is -0.0770. The van der Waals surface area contributed by atoms with Gasteiger partial charge in [0.2, 0.25) is 0 Å². The number of carbonyl (C=O) groups excluding carboxylic acids is 1. The first-order chi connectivity index (χ1) is 7.74. The third kappa shape index (κ3) is 8.72. The van der Waals surface area contributed by atoms with Gasteiger partial charge in [0.1, 0.15) is 0 Å². The molecule has 0 aliphatic carbocycles. The molecule has 0 aromatic rings. The Bertz CT molecular complexity index is 165. The number of rotatable bonds is 10. The van der Waals surface area contributed by atoms with Gasteiger partial charge in [-0.05, 0) is 32.7 Å². The Kier molecular flexibility index (Phi) is 10.5. The Hall–Kier alpha value is -0.570. The van der Waals surface area contributed by atoms with Crippen LogP contribution in [-0.4, -0.2) is 25.2 Å². The van der Waals surface area contributed by atoms with Crippen LogP contribution in [0.1, 0.15) is 59.3 Å². The van der Waals surface area contributed by atoms with Gasteiger partial charge in [-0.25, -0.2) is 0 Å². The second-order valence-corrected chi connectivity index (χ2v) is 4.14. The zero-order valence-corrected chi connectivity index (χ0v) is 11.1. The average molecular weight is 229 g/mol. The highest BCUT2D eigenvalue weighted by Gasteiger charge is 2.06. The van der Waals surface area contributed by atoms with Crippen LogP contribution < -0.4 is 5.32 Å². The number of hydrogen-bond acceptors (Lipinski definition) is 3. The van der Waals surface area contributed by atoms with Gasteiger partial charge in [-0.2, -0.15) is 0 Å². The number of nitrogens with one attached hydrogen (secondary N) is 1. The second kappa shape index (κ2) is 10.9. The molecule has 0 fully saturated rings. The normalized spacial score (nSPS) is 10.8. The van der Waals surface area contributed by atoms with Crippen LogP contribution >= 0.6 is 0 Å². The monoisotopic (exact) mass is 229 g/mol. The Morgan fingerprint density at radius 3 is 2.31 bits per heavy atom. The molecule has 0 saturated carbocycles. The van der Waals surface area contributed by atoms with Gasteiger partial charge in [0.15, 0.2) is 0 Å². The standard InChI is InChI=1S/C13H27NO2/c1-4-8-12(9-5-2)14-11-7-10-13(15)16-6-3/h12,14H,4-11H2,1-3H3. The van der Waals surface area contributed by atoms with Crippen LogP contribution in [0, 0.1) is 0 Å². The predicted octanol–water partition coefficient (Wildman–Crippen LogP) is 2.89. The SMILES string of the molecule is CCCC(CCC)NCCCC(=O)OCC. The summed E-state index contributed by atoms with van der Waals surface area (Å²) < 4.78 is 4.88. The molecule has 0 saturated heterocycles. The molecule has 0 amide bonds. The van der Waals surface area contributed by atoms with Gasteiger partial charge in [0.25, 0.3) is 0 Å². The fourth-order valence-corrected chi connectivity index (χ4v) is 1.82. The minimum Gasteiger partial charge on any atom is -0.466 e. The van der Waals surface area contributed by atoms with Gasteiger partial charge < -0.3 is 10.1 Å². The van der Waals surface area contributed by atoms with Gasteiger partial charge in [0, 0.05) is 12.5 Å². The van der Waals surface area contributed by atoms with Crippen molar-refractivity contribution in [1.29, 1.82) is 0 Å². The van der Waals surface area contributed by atoms with E-state index in [4.69, 9.17) is 4.74 Å². The lowest BCUT2D eigenvalue weighted by molar-refractivity contribution is -0.143. The fourth-order valence-electron chi connectivity index (χ4n) is 1.82. The summed E-state index contributed by atoms with van der Waals surface area (Å²) in [7, 11) is 0. The van der Waals surface area contributed by atoms with Crippen molar-refractivity contribution in [2.24, 2.45) is 0 Å². The number of carbonyl (C=O) groups is 1. The van der Waals surface area contributed by atoms with Crippen molar-refractivity contribution >= 4 is 5.97 Å². The molecular weight excluding hydrogens is 202 g/mol. The molecule has 0 heterocycles. The third-order valence-electron chi connectivity index (χ3n) is 2.57. The molecule has 0 radical (unpaired) electrons. The molecule has 0 atom stereocenters. The van der Waals surface area contributed by atoms with E-state index in [0.29, 0.717) is 19.1 Å². The highest BCUT2D eigenvalue weighted by atomic mass is 16.5. The van der Waals surface area contributed by atoms with Crippen molar-refractivity contribution in [2.45, 2.75) is 65.3 Å². The summed E-state index contributed by atoms with van der Waals surface area (Å²) in [6.45, 7) is 7.67. The summed E-state index contributed by atoms with van der Waals surface area (Å²) in [5.74, 6) is -0.0770. The highest BCUT2D eigenvalue weighted by Crippen LogP contribution is 2.04. The van der Waals surface area contributed by atoms with E-state index in [1.807, 2.05) is 6.92 Å². The Morgan fingerprint density at radius 2 is 1.81 bits per heavy atom. The summed E-state index contributed by atoms with van der Waals surface area (Å²) in [6, 6.07) is 0.622. The summed E-state index contributed by atoms with van der Waals surface area (Å²) >= 11 is 0. The molecule has 3 heteroatoms. The molecule has 0 spiro atoms. The van der Waals surface area contributed by atoms with Crippen molar-refractivity contribution in [2.75, 3.05) is 13.2 Å². The van der Waals surface area contributed by atoms with Crippen LogP contribution in [0.25, 0.3) is 0 Å². The molecule has 0 unspecified atom stereocenters. The quantitative estimate of drug-likeness (QED) is 0.462. The molecule has 3 nitrogen and oxygen atoms in total. The number of hydrogen-bond donors (Lipinski definition) is 1. The first kappa shape index (κ1) is 15.4. The van der Waals surface area contributed by atoms with Crippen LogP contribution in [-0.2, 0) is 9.53 Å². The van der Waals surface area contributed by atoms with E-state index in [9.17, 15) is 4.79 Å². The Balaban J connectivity index is 3.49. The Labute approximate surface area is 99.9 Å². The summed E-state index contributed by atoms with van der Waals surface area (Å²) in [5.41, 5.74) is 0. The van der Waals surface area contributed by atoms with E-state index in [0.717, 1.165) is 13.0 Å². The molecule has 0 aliphatic heterocycles. The molecule has 16 heavy (non-hydrogen) atoms. The van der Waals surface area contributed by atoms with Crippen molar-refractivity contribution < 1.29 is 9.53 Å². The van der Waals surface area contributed by atoms with Gasteiger partial charge in [-0.15, -0.1) is 0 Å². The van der Waals surface area contributed by atoms with Crippen molar-refractivity contribution in [3.8, 4) is 0 Å². The van der Waals surface area contributed by atoms with Crippen molar-refractivity contribution in [1.82, 2.24) is 5.32 Å². The molecule has 1 N–H and O–H groups in total. The molecule has 96 valence electrons. The Morgan fingerprint density at radius 1 is 1.19 bits per heavy atom. The summed E-state index contributed by atoms with van der Waals surface area (Å²) in [4.78, 5) is 11.1. The van der Waals surface area contributed by atoms with Crippen molar-refractivity contribution in [3.05, 3.63) is 0 Å². The molecule has 0 aliphatic rings. The smallest absolute Gasteiger partial charge is 0.305 e. The van der Waals surface area contributed by atoms with Gasteiger partial charge in [-0.3, -0.25) is 4.79 Å². The predicted molar refractivity (Wildman–Crippen MR) is 67.5 cm³/mol. The largest absolute Gasteiger partial charge is 0.466 e. The maximum absolute atomic E-state index is 11.1. The first-order valence-electron chi connectivity index (χ1n) is 6.63. The lowest BCUT2D eigenvalue weighted by Gasteiger charge is -2.16. The van der Waals surface area contributed by atoms with Crippen molar-refractivity contribution in [3.63, 3.8) is 0 Å². The first-order valence-corrected chi connectivity index (χ1v) is 6.63. The average Bonchev–Trinajstić information content (AvgIpc) is 2.25. The van der Waals surface area contributed by atoms with E-state index < -0.39 is 0 Å². The zero-order chi connectivity index (χ0) is 12.2. The van der Waals surface area contributed by atoms with Crippen LogP contribution in [0.2, 0.25) is 0 Å². The van der Waals surface area contributed by atoms with Crippen LogP contribution in [0.4, 0.5) is 0 Å². The van der Waals surface area contributed by atoms with Gasteiger partial charge in [-0.1, -0.05) is 26.7 Å². The number of esters is 1. The molecule has 0 aromatic heterocycles. The van der Waals surface area contributed by atoms with Gasteiger partial charge in [0.05, 0.1) is 6.61 Å². The highest BCUT2D eigenvalue weighted by molar-refractivity contribution is 5.69. The van der Waals surface area contributed by atoms with E-state index in [-0.39, 0.29) is 5.97 Å². The number of ether oxygens (including phenoxy) is 1. The topological polar surface area (TPSA) is 38.3 Å². The maximum Gasteiger partial charge on any atom is 0.305 e. The fraction of sp³-hybridized carbons (Fsp3) is 0.923. The summed E-state index contributed by atoms with van der Waals surface area (Å²) in [6.07, 6.45) is 6.31. The minimum absolute atomic E-state index is 0.0770. The zero-order valence-electron chi connectivity index (χ0n) is 11.1.